The van der Waals surface area contributed by atoms with Crippen molar-refractivity contribution in [3.05, 3.63) is 71.1 Å². The van der Waals surface area contributed by atoms with Gasteiger partial charge in [0.1, 0.15) is 5.82 Å². The van der Waals surface area contributed by atoms with Gasteiger partial charge in [0.2, 0.25) is 0 Å². The highest BCUT2D eigenvalue weighted by Crippen LogP contribution is 2.31. The Kier molecular flexibility index (Phi) is 4.47. The molecule has 4 rings (SSSR count). The maximum absolute atomic E-state index is 13.4. The highest BCUT2D eigenvalue weighted by atomic mass is 35.5. The molecule has 1 aromatic heterocycles. The predicted molar refractivity (Wildman–Crippen MR) is 101 cm³/mol. The number of benzene rings is 2. The Labute approximate surface area is 155 Å². The number of hydrogen-bond donors (Lipinski definition) is 0. The number of carbonyl (C=O) groups is 1. The van der Waals surface area contributed by atoms with Crippen molar-refractivity contribution in [2.75, 3.05) is 31.1 Å². The first kappa shape index (κ1) is 16.8. The maximum Gasteiger partial charge on any atom is 0.254 e. The normalized spacial score (nSPS) is 14.7. The number of pyridine rings is 1. The van der Waals surface area contributed by atoms with Gasteiger partial charge in [0.05, 0.1) is 16.2 Å². The van der Waals surface area contributed by atoms with Crippen LogP contribution in [0, 0.1) is 5.82 Å². The number of fused-ring (bicyclic) bond motifs is 1. The quantitative estimate of drug-likeness (QED) is 0.685. The van der Waals surface area contributed by atoms with Gasteiger partial charge in [0.25, 0.3) is 5.91 Å². The maximum atomic E-state index is 13.4. The first-order chi connectivity index (χ1) is 12.6. The molecule has 4 nitrogen and oxygen atoms in total. The van der Waals surface area contributed by atoms with E-state index in [1.807, 2.05) is 24.3 Å². The molecule has 26 heavy (non-hydrogen) atoms. The van der Waals surface area contributed by atoms with Crippen LogP contribution in [0.3, 0.4) is 0 Å². The molecule has 0 unspecified atom stereocenters. The number of halogens is 2. The van der Waals surface area contributed by atoms with Gasteiger partial charge in [0.15, 0.2) is 0 Å². The molecule has 1 aliphatic rings. The Morgan fingerprint density at radius 3 is 2.62 bits per heavy atom. The fraction of sp³-hybridized carbons (Fsp3) is 0.200. The summed E-state index contributed by atoms with van der Waals surface area (Å²) in [6.07, 6.45) is 1.76. The second-order valence-electron chi connectivity index (χ2n) is 6.26. The average molecular weight is 370 g/mol. The highest BCUT2D eigenvalue weighted by Gasteiger charge is 2.24. The molecule has 0 bridgehead atoms. The molecule has 1 amide bonds. The number of carbonyl (C=O) groups excluding carboxylic acids is 1. The fourth-order valence-corrected chi connectivity index (χ4v) is 3.55. The smallest absolute Gasteiger partial charge is 0.254 e. The van der Waals surface area contributed by atoms with Crippen LogP contribution in [0.1, 0.15) is 10.4 Å². The topological polar surface area (TPSA) is 36.4 Å². The van der Waals surface area contributed by atoms with Crippen LogP contribution >= 0.6 is 11.6 Å². The van der Waals surface area contributed by atoms with Gasteiger partial charge in [-0.2, -0.15) is 0 Å². The minimum absolute atomic E-state index is 0.136. The van der Waals surface area contributed by atoms with Crippen LogP contribution in [0.4, 0.5) is 10.1 Å². The number of nitrogens with zero attached hydrogens (tertiary/aromatic N) is 3. The van der Waals surface area contributed by atoms with E-state index in [2.05, 4.69) is 9.88 Å². The minimum Gasteiger partial charge on any atom is -0.366 e. The summed E-state index contributed by atoms with van der Waals surface area (Å²) in [5.41, 5.74) is 2.27. The van der Waals surface area contributed by atoms with Crippen molar-refractivity contribution >= 4 is 34.1 Å². The summed E-state index contributed by atoms with van der Waals surface area (Å²) in [5, 5.41) is 1.60. The minimum atomic E-state index is -0.395. The lowest BCUT2D eigenvalue weighted by Gasteiger charge is -2.36. The van der Waals surface area contributed by atoms with E-state index in [-0.39, 0.29) is 5.91 Å². The molecule has 2 aromatic carbocycles. The summed E-state index contributed by atoms with van der Waals surface area (Å²) in [4.78, 5) is 21.0. The number of anilines is 1. The zero-order valence-corrected chi connectivity index (χ0v) is 14.8. The van der Waals surface area contributed by atoms with Crippen molar-refractivity contribution in [1.82, 2.24) is 9.88 Å². The molecule has 6 heteroatoms. The van der Waals surface area contributed by atoms with E-state index in [1.165, 1.54) is 12.1 Å². The first-order valence-corrected chi connectivity index (χ1v) is 8.84. The Morgan fingerprint density at radius 2 is 1.85 bits per heavy atom. The summed E-state index contributed by atoms with van der Waals surface area (Å²) < 4.78 is 13.4. The molecule has 3 aromatic rings. The molecule has 0 atom stereocenters. The summed E-state index contributed by atoms with van der Waals surface area (Å²) in [6.45, 7) is 2.53. The number of piperazine rings is 1. The Balaban J connectivity index is 1.52. The zero-order valence-electron chi connectivity index (χ0n) is 14.0. The molecular formula is C20H17ClFN3O. The number of hydrogen-bond acceptors (Lipinski definition) is 3. The van der Waals surface area contributed by atoms with Gasteiger partial charge in [0, 0.05) is 43.3 Å². The molecule has 2 heterocycles. The van der Waals surface area contributed by atoms with Gasteiger partial charge < -0.3 is 9.80 Å². The zero-order chi connectivity index (χ0) is 18.1. The number of rotatable bonds is 2. The van der Waals surface area contributed by atoms with Crippen molar-refractivity contribution in [3.8, 4) is 0 Å². The van der Waals surface area contributed by atoms with Gasteiger partial charge in [-0.1, -0.05) is 17.7 Å². The van der Waals surface area contributed by atoms with Crippen molar-refractivity contribution in [2.24, 2.45) is 0 Å². The van der Waals surface area contributed by atoms with E-state index in [1.54, 1.807) is 23.2 Å². The van der Waals surface area contributed by atoms with Crippen molar-refractivity contribution in [2.45, 2.75) is 0 Å². The summed E-state index contributed by atoms with van der Waals surface area (Å²) >= 11 is 6.27. The molecule has 0 saturated carbocycles. The summed E-state index contributed by atoms with van der Waals surface area (Å²) in [5.74, 6) is -0.531. The Hall–Kier alpha value is -2.66. The van der Waals surface area contributed by atoms with E-state index in [0.717, 1.165) is 16.6 Å². The highest BCUT2D eigenvalue weighted by molar-refractivity contribution is 6.35. The van der Waals surface area contributed by atoms with Crippen LogP contribution in [0.2, 0.25) is 5.02 Å². The van der Waals surface area contributed by atoms with Gasteiger partial charge in [-0.25, -0.2) is 4.39 Å². The third-order valence-electron chi connectivity index (χ3n) is 4.67. The van der Waals surface area contributed by atoms with E-state index in [0.29, 0.717) is 36.8 Å². The van der Waals surface area contributed by atoms with E-state index < -0.39 is 5.82 Å². The number of amides is 1. The molecule has 1 aliphatic heterocycles. The van der Waals surface area contributed by atoms with Crippen molar-refractivity contribution in [3.63, 3.8) is 0 Å². The molecule has 0 radical (unpaired) electrons. The molecule has 0 spiro atoms. The van der Waals surface area contributed by atoms with Gasteiger partial charge >= 0.3 is 0 Å². The van der Waals surface area contributed by atoms with Crippen LogP contribution < -0.4 is 4.90 Å². The number of aromatic nitrogens is 1. The third-order valence-corrected chi connectivity index (χ3v) is 5.00. The van der Waals surface area contributed by atoms with Crippen LogP contribution in [0.5, 0.6) is 0 Å². The van der Waals surface area contributed by atoms with Crippen LogP contribution in [-0.2, 0) is 0 Å². The van der Waals surface area contributed by atoms with Crippen LogP contribution in [0.15, 0.2) is 54.7 Å². The lowest BCUT2D eigenvalue weighted by molar-refractivity contribution is 0.0746. The molecule has 0 aliphatic carbocycles. The average Bonchev–Trinajstić information content (AvgIpc) is 2.68. The first-order valence-electron chi connectivity index (χ1n) is 8.46. The monoisotopic (exact) mass is 369 g/mol. The Bertz CT molecular complexity index is 970. The van der Waals surface area contributed by atoms with E-state index >= 15 is 0 Å². The third kappa shape index (κ3) is 3.10. The van der Waals surface area contributed by atoms with Gasteiger partial charge in [-0.15, -0.1) is 0 Å². The van der Waals surface area contributed by atoms with Crippen LogP contribution in [-0.4, -0.2) is 42.0 Å². The largest absolute Gasteiger partial charge is 0.366 e. The summed E-state index contributed by atoms with van der Waals surface area (Å²) in [7, 11) is 0. The van der Waals surface area contributed by atoms with Gasteiger partial charge in [-0.05, 0) is 42.5 Å². The second-order valence-corrected chi connectivity index (χ2v) is 6.66. The standard InChI is InChI=1S/C20H17ClFN3O/c21-17-6-7-18(19-16(17)5-2-8-23-19)24-9-11-25(12-10-24)20(26)14-3-1-4-15(22)13-14/h1-8,13H,9-12H2. The van der Waals surface area contributed by atoms with Crippen LogP contribution in [0.25, 0.3) is 10.9 Å². The second kappa shape index (κ2) is 6.92. The molecule has 1 fully saturated rings. The lowest BCUT2D eigenvalue weighted by atomic mass is 10.1. The molecule has 1 saturated heterocycles. The van der Waals surface area contributed by atoms with Crippen molar-refractivity contribution < 1.29 is 9.18 Å². The molecular weight excluding hydrogens is 353 g/mol. The lowest BCUT2D eigenvalue weighted by Crippen LogP contribution is -2.48. The SMILES string of the molecule is O=C(c1cccc(F)c1)N1CCN(c2ccc(Cl)c3cccnc23)CC1. The fourth-order valence-electron chi connectivity index (χ4n) is 3.33. The van der Waals surface area contributed by atoms with Gasteiger partial charge in [-0.3, -0.25) is 9.78 Å². The Morgan fingerprint density at radius 1 is 1.04 bits per heavy atom. The predicted octanol–water partition coefficient (Wildman–Crippen LogP) is 3.99. The molecule has 132 valence electrons. The van der Waals surface area contributed by atoms with Crippen molar-refractivity contribution in [1.29, 1.82) is 0 Å². The van der Waals surface area contributed by atoms with E-state index in [9.17, 15) is 9.18 Å². The summed E-state index contributed by atoms with van der Waals surface area (Å²) in [6, 6.07) is 13.5. The molecule has 0 N–H and O–H groups in total. The van der Waals surface area contributed by atoms with E-state index in [4.69, 9.17) is 11.6 Å².